The molecule has 1 aliphatic heterocycles. The number of rotatable bonds is 3. The third-order valence-corrected chi connectivity index (χ3v) is 6.26. The Labute approximate surface area is 176 Å². The minimum Gasteiger partial charge on any atom is -0.338 e. The summed E-state index contributed by atoms with van der Waals surface area (Å²) in [7, 11) is 0. The Morgan fingerprint density at radius 3 is 2.71 bits per heavy atom. The quantitative estimate of drug-likeness (QED) is 0.592. The smallest absolute Gasteiger partial charge is 0.274 e. The molecule has 28 heavy (non-hydrogen) atoms. The topological polar surface area (TPSA) is 69.6 Å². The molecule has 7 heteroatoms. The molecule has 2 amide bonds. The van der Waals surface area contributed by atoms with Crippen molar-refractivity contribution in [3.05, 3.63) is 69.7 Å². The van der Waals surface area contributed by atoms with Gasteiger partial charge in [-0.1, -0.05) is 35.9 Å². The number of fused-ring (bicyclic) bond motifs is 1. The van der Waals surface area contributed by atoms with E-state index in [0.29, 0.717) is 23.6 Å². The fourth-order valence-electron chi connectivity index (χ4n) is 4.34. The summed E-state index contributed by atoms with van der Waals surface area (Å²) in [6, 6.07) is 13.1. The van der Waals surface area contributed by atoms with Crippen LogP contribution < -0.4 is 5.48 Å². The van der Waals surface area contributed by atoms with Gasteiger partial charge in [-0.15, -0.1) is 0 Å². The highest BCUT2D eigenvalue weighted by molar-refractivity contribution is 7.59. The van der Waals surface area contributed by atoms with Crippen molar-refractivity contribution in [3.63, 3.8) is 0 Å². The minimum absolute atomic E-state index is 0. The van der Waals surface area contributed by atoms with Crippen LogP contribution in [0.4, 0.5) is 0 Å². The van der Waals surface area contributed by atoms with Crippen LogP contribution in [0.2, 0.25) is 5.02 Å². The number of benzene rings is 2. The number of nitrogens with one attached hydrogen (secondary N) is 1. The highest BCUT2D eigenvalue weighted by Gasteiger charge is 2.48. The van der Waals surface area contributed by atoms with Crippen molar-refractivity contribution in [2.24, 2.45) is 5.41 Å². The first kappa shape index (κ1) is 20.7. The Morgan fingerprint density at radius 1 is 1.18 bits per heavy atom. The van der Waals surface area contributed by atoms with E-state index in [1.807, 2.05) is 41.3 Å². The SMILES string of the molecule is O=C(NO)c1ccc2c(c1)CC[C@@]1(CCN(Cc3ccccc3Cl)C1=O)C2.S. The van der Waals surface area contributed by atoms with E-state index < -0.39 is 5.91 Å². The van der Waals surface area contributed by atoms with Crippen molar-refractivity contribution < 1.29 is 14.8 Å². The Morgan fingerprint density at radius 2 is 1.96 bits per heavy atom. The van der Waals surface area contributed by atoms with E-state index in [0.717, 1.165) is 42.5 Å². The molecule has 2 aliphatic rings. The third-order valence-electron chi connectivity index (χ3n) is 5.89. The molecular formula is C21H23ClN2O3S. The van der Waals surface area contributed by atoms with Crippen molar-refractivity contribution in [1.29, 1.82) is 0 Å². The maximum Gasteiger partial charge on any atom is 0.274 e. The van der Waals surface area contributed by atoms with E-state index in [4.69, 9.17) is 16.8 Å². The zero-order chi connectivity index (χ0) is 19.0. The highest BCUT2D eigenvalue weighted by atomic mass is 35.5. The molecule has 0 aromatic heterocycles. The Hall–Kier alpha value is -2.02. The van der Waals surface area contributed by atoms with Gasteiger partial charge in [0, 0.05) is 23.7 Å². The van der Waals surface area contributed by atoms with E-state index in [1.54, 1.807) is 11.5 Å². The zero-order valence-electron chi connectivity index (χ0n) is 15.4. The summed E-state index contributed by atoms with van der Waals surface area (Å²) in [5, 5.41) is 9.49. The van der Waals surface area contributed by atoms with Gasteiger partial charge in [0.05, 0.1) is 5.41 Å². The van der Waals surface area contributed by atoms with Crippen molar-refractivity contribution >= 4 is 36.9 Å². The second-order valence-corrected chi connectivity index (χ2v) is 7.86. The number of carbonyl (C=O) groups is 2. The van der Waals surface area contributed by atoms with E-state index in [9.17, 15) is 9.59 Å². The normalized spacial score (nSPS) is 20.6. The van der Waals surface area contributed by atoms with Crippen molar-refractivity contribution in [3.8, 4) is 0 Å². The molecular weight excluding hydrogens is 396 g/mol. The lowest BCUT2D eigenvalue weighted by Crippen LogP contribution is -2.38. The largest absolute Gasteiger partial charge is 0.338 e. The number of hydrogen-bond acceptors (Lipinski definition) is 3. The zero-order valence-corrected chi connectivity index (χ0v) is 17.1. The van der Waals surface area contributed by atoms with Gasteiger partial charge in [-0.3, -0.25) is 14.8 Å². The van der Waals surface area contributed by atoms with Crippen molar-refractivity contribution in [2.45, 2.75) is 32.2 Å². The Balaban J connectivity index is 0.00000225. The van der Waals surface area contributed by atoms with Crippen LogP contribution >= 0.6 is 25.1 Å². The molecule has 2 N–H and O–H groups in total. The molecule has 148 valence electrons. The van der Waals surface area contributed by atoms with Gasteiger partial charge in [-0.2, -0.15) is 13.5 Å². The number of nitrogens with zero attached hydrogens (tertiary/aromatic N) is 1. The summed E-state index contributed by atoms with van der Waals surface area (Å²) in [6.07, 6.45) is 3.07. The summed E-state index contributed by atoms with van der Waals surface area (Å²) >= 11 is 6.26. The standard InChI is InChI=1S/C21H21ClN2O3.H2S/c22-18-4-2-1-3-17(18)13-24-10-9-21(20(24)26)8-7-14-11-15(19(25)23-27)5-6-16(14)12-21;/h1-6,11,27H,7-10,12-13H2,(H,23,25);1H2/t21-;/m1./s1. The molecule has 1 heterocycles. The number of halogens is 1. The summed E-state index contributed by atoms with van der Waals surface area (Å²) in [5.74, 6) is -0.314. The third kappa shape index (κ3) is 3.64. The number of likely N-dealkylation sites (tertiary alicyclic amines) is 1. The van der Waals surface area contributed by atoms with Crippen LogP contribution in [0, 0.1) is 5.41 Å². The molecule has 5 nitrogen and oxygen atoms in total. The van der Waals surface area contributed by atoms with Gasteiger partial charge in [-0.25, -0.2) is 5.48 Å². The van der Waals surface area contributed by atoms with Crippen LogP contribution in [0.1, 0.15) is 39.9 Å². The van der Waals surface area contributed by atoms with Gasteiger partial charge < -0.3 is 4.90 Å². The fourth-order valence-corrected chi connectivity index (χ4v) is 4.53. The maximum absolute atomic E-state index is 13.2. The van der Waals surface area contributed by atoms with Gasteiger partial charge >= 0.3 is 0 Å². The highest BCUT2D eigenvalue weighted by Crippen LogP contribution is 2.44. The predicted molar refractivity (Wildman–Crippen MR) is 112 cm³/mol. The first-order chi connectivity index (χ1) is 13.0. The second-order valence-electron chi connectivity index (χ2n) is 7.45. The van der Waals surface area contributed by atoms with E-state index in [-0.39, 0.29) is 24.8 Å². The van der Waals surface area contributed by atoms with E-state index in [1.165, 1.54) is 0 Å². The summed E-state index contributed by atoms with van der Waals surface area (Å²) in [6.45, 7) is 1.28. The van der Waals surface area contributed by atoms with Crippen LogP contribution in [-0.2, 0) is 24.2 Å². The predicted octanol–water partition coefficient (Wildman–Crippen LogP) is 3.48. The van der Waals surface area contributed by atoms with E-state index in [2.05, 4.69) is 0 Å². The molecule has 4 rings (SSSR count). The number of hydrogen-bond donors (Lipinski definition) is 2. The summed E-state index contributed by atoms with van der Waals surface area (Å²) in [4.78, 5) is 26.7. The molecule has 0 unspecified atom stereocenters. The monoisotopic (exact) mass is 418 g/mol. The lowest BCUT2D eigenvalue weighted by molar-refractivity contribution is -0.137. The molecule has 0 saturated carbocycles. The number of carbonyl (C=O) groups excluding carboxylic acids is 2. The average Bonchev–Trinajstić information content (AvgIpc) is 2.98. The van der Waals surface area contributed by atoms with Gasteiger partial charge in [0.15, 0.2) is 0 Å². The van der Waals surface area contributed by atoms with Crippen LogP contribution in [0.15, 0.2) is 42.5 Å². The number of hydroxylamine groups is 1. The van der Waals surface area contributed by atoms with Crippen molar-refractivity contribution in [2.75, 3.05) is 6.54 Å². The van der Waals surface area contributed by atoms with Gasteiger partial charge in [0.25, 0.3) is 5.91 Å². The molecule has 1 atom stereocenters. The minimum atomic E-state index is -0.513. The van der Waals surface area contributed by atoms with Crippen LogP contribution in [-0.4, -0.2) is 28.5 Å². The van der Waals surface area contributed by atoms with E-state index >= 15 is 0 Å². The number of aryl methyl sites for hydroxylation is 1. The molecule has 0 radical (unpaired) electrons. The first-order valence-electron chi connectivity index (χ1n) is 9.11. The molecule has 1 fully saturated rings. The Bertz CT molecular complexity index is 920. The first-order valence-corrected chi connectivity index (χ1v) is 9.49. The van der Waals surface area contributed by atoms with Gasteiger partial charge in [0.2, 0.25) is 5.91 Å². The molecule has 0 bridgehead atoms. The molecule has 2 aromatic rings. The average molecular weight is 419 g/mol. The second kappa shape index (κ2) is 8.15. The van der Waals surface area contributed by atoms with Crippen LogP contribution in [0.25, 0.3) is 0 Å². The van der Waals surface area contributed by atoms with Gasteiger partial charge in [-0.05, 0) is 60.6 Å². The maximum atomic E-state index is 13.2. The molecule has 1 saturated heterocycles. The summed E-state index contributed by atoms with van der Waals surface area (Å²) < 4.78 is 0. The molecule has 1 aliphatic carbocycles. The molecule has 1 spiro atoms. The van der Waals surface area contributed by atoms with Crippen LogP contribution in [0.5, 0.6) is 0 Å². The Kier molecular flexibility index (Phi) is 6.03. The number of amides is 2. The lowest BCUT2D eigenvalue weighted by Gasteiger charge is -2.33. The van der Waals surface area contributed by atoms with Gasteiger partial charge in [0.1, 0.15) is 0 Å². The lowest BCUT2D eigenvalue weighted by atomic mass is 9.70. The van der Waals surface area contributed by atoms with Crippen molar-refractivity contribution in [1.82, 2.24) is 10.4 Å². The van der Waals surface area contributed by atoms with Crippen LogP contribution in [0.3, 0.4) is 0 Å². The fraction of sp³-hybridized carbons (Fsp3) is 0.333. The molecule has 2 aromatic carbocycles. The summed E-state index contributed by atoms with van der Waals surface area (Å²) in [5.41, 5.74) is 4.92.